The quantitative estimate of drug-likeness (QED) is 0.182. The molecule has 0 saturated carbocycles. The standard InChI is InChI=1S/C24H25N9O3S/c1-12-9-14-6-8-33(16(14)10-27-12)24(36)20-13(2)28-11-17(30-20)31-23-19(22(35)32-37-23)21(25)26-7-5-15-3-4-18(34)29-15/h6,8-11,15H,3-5,7H2,1-2H3,(H2,25,26)(H,29,34)(H,30,31)(H,32,35). The molecule has 190 valence electrons. The van der Waals surface area contributed by atoms with Gasteiger partial charge in [0.05, 0.1) is 23.6 Å². The highest BCUT2D eigenvalue weighted by Crippen LogP contribution is 2.31. The molecule has 1 unspecified atom stereocenters. The summed E-state index contributed by atoms with van der Waals surface area (Å²) in [5.74, 6) is -0.353. The summed E-state index contributed by atoms with van der Waals surface area (Å²) in [6.45, 7) is 4.04. The summed E-state index contributed by atoms with van der Waals surface area (Å²) in [5, 5.41) is 28.9. The van der Waals surface area contributed by atoms with Crippen molar-refractivity contribution >= 4 is 50.9 Å². The zero-order chi connectivity index (χ0) is 26.1. The summed E-state index contributed by atoms with van der Waals surface area (Å²) >= 11 is 0.963. The molecule has 0 radical (unpaired) electrons. The molecule has 0 bridgehead atoms. The second-order valence-corrected chi connectivity index (χ2v) is 9.57. The Morgan fingerprint density at radius 1 is 1.32 bits per heavy atom. The first-order valence-corrected chi connectivity index (χ1v) is 12.5. The Labute approximate surface area is 215 Å². The van der Waals surface area contributed by atoms with Gasteiger partial charge in [-0.1, -0.05) is 0 Å². The number of anilines is 2. The van der Waals surface area contributed by atoms with Crippen LogP contribution in [-0.4, -0.2) is 59.2 Å². The van der Waals surface area contributed by atoms with Crippen molar-refractivity contribution in [2.75, 3.05) is 11.9 Å². The van der Waals surface area contributed by atoms with Crippen LogP contribution >= 0.6 is 11.5 Å². The van der Waals surface area contributed by atoms with E-state index >= 15 is 0 Å². The molecule has 5 N–H and O–H groups in total. The summed E-state index contributed by atoms with van der Waals surface area (Å²) in [5.41, 5.74) is 2.33. The van der Waals surface area contributed by atoms with Crippen molar-refractivity contribution in [1.29, 1.82) is 5.41 Å². The first-order valence-electron chi connectivity index (χ1n) is 11.7. The van der Waals surface area contributed by atoms with Crippen molar-refractivity contribution in [2.24, 2.45) is 0 Å². The van der Waals surface area contributed by atoms with E-state index in [1.54, 1.807) is 19.3 Å². The van der Waals surface area contributed by atoms with E-state index in [0.29, 0.717) is 35.6 Å². The number of rotatable bonds is 7. The predicted octanol–water partition coefficient (Wildman–Crippen LogP) is 2.62. The molecule has 1 aliphatic heterocycles. The number of aryl methyl sites for hydroxylation is 2. The molecule has 0 aromatic carbocycles. The lowest BCUT2D eigenvalue weighted by atomic mass is 10.1. The Morgan fingerprint density at radius 3 is 2.95 bits per heavy atom. The predicted molar refractivity (Wildman–Crippen MR) is 139 cm³/mol. The van der Waals surface area contributed by atoms with E-state index < -0.39 is 0 Å². The Bertz CT molecular complexity index is 1530. The molecular formula is C24H25N9O3S. The third-order valence-corrected chi connectivity index (χ3v) is 6.89. The highest BCUT2D eigenvalue weighted by molar-refractivity contribution is 7.11. The maximum atomic E-state index is 13.3. The fourth-order valence-electron chi connectivity index (χ4n) is 4.21. The van der Waals surface area contributed by atoms with Crippen molar-refractivity contribution in [2.45, 2.75) is 39.2 Å². The van der Waals surface area contributed by atoms with E-state index in [1.165, 1.54) is 10.8 Å². The number of aromatic nitrogens is 5. The number of fused-ring (bicyclic) bond motifs is 1. The lowest BCUT2D eigenvalue weighted by molar-refractivity contribution is -0.119. The summed E-state index contributed by atoms with van der Waals surface area (Å²) in [6.07, 6.45) is 6.76. The summed E-state index contributed by atoms with van der Waals surface area (Å²) < 4.78 is 5.44. The average molecular weight is 520 g/mol. The van der Waals surface area contributed by atoms with Gasteiger partial charge in [0.2, 0.25) is 11.8 Å². The second-order valence-electron chi connectivity index (χ2n) is 8.79. The van der Waals surface area contributed by atoms with Crippen LogP contribution in [0.25, 0.3) is 10.9 Å². The van der Waals surface area contributed by atoms with Gasteiger partial charge in [0.15, 0.2) is 11.5 Å². The van der Waals surface area contributed by atoms with Gasteiger partial charge in [-0.2, -0.15) is 4.37 Å². The van der Waals surface area contributed by atoms with Gasteiger partial charge in [-0.15, -0.1) is 0 Å². The second kappa shape index (κ2) is 9.93. The van der Waals surface area contributed by atoms with Gasteiger partial charge in [0, 0.05) is 36.3 Å². The molecule has 1 atom stereocenters. The minimum Gasteiger partial charge on any atom is -0.492 e. The molecule has 5 rings (SSSR count). The first-order chi connectivity index (χ1) is 17.8. The lowest BCUT2D eigenvalue weighted by Crippen LogP contribution is -2.32. The molecule has 37 heavy (non-hydrogen) atoms. The number of carbonyl (C=O) groups is 2. The highest BCUT2D eigenvalue weighted by Gasteiger charge is 2.23. The van der Waals surface area contributed by atoms with E-state index in [1.807, 2.05) is 19.1 Å². The number of nitrogens with zero attached hydrogens (tertiary/aromatic N) is 5. The fourth-order valence-corrected chi connectivity index (χ4v) is 4.91. The van der Waals surface area contributed by atoms with E-state index in [0.717, 1.165) is 29.0 Å². The van der Waals surface area contributed by atoms with Crippen molar-refractivity contribution in [3.8, 4) is 5.88 Å². The third kappa shape index (κ3) is 4.98. The molecule has 1 saturated heterocycles. The smallest absolute Gasteiger partial charge is 0.282 e. The minimum atomic E-state index is -0.352. The maximum absolute atomic E-state index is 13.3. The SMILES string of the molecule is Cc1cc2ccn(C(=O)c3nc(Nc4snc(O)c4C(=N)NCCC4CCC(=O)N4)cnc3C)c2cn1. The van der Waals surface area contributed by atoms with Crippen LogP contribution < -0.4 is 16.0 Å². The van der Waals surface area contributed by atoms with Gasteiger partial charge < -0.3 is 21.1 Å². The average Bonchev–Trinajstić information content (AvgIpc) is 3.58. The van der Waals surface area contributed by atoms with Gasteiger partial charge in [-0.05, 0) is 50.4 Å². The van der Waals surface area contributed by atoms with Gasteiger partial charge in [-0.3, -0.25) is 29.5 Å². The van der Waals surface area contributed by atoms with Crippen molar-refractivity contribution in [3.05, 3.63) is 53.4 Å². The number of aromatic hydroxyl groups is 1. The minimum absolute atomic E-state index is 0.0175. The number of hydrogen-bond donors (Lipinski definition) is 5. The molecule has 4 aromatic heterocycles. The number of carbonyl (C=O) groups excluding carboxylic acids is 2. The van der Waals surface area contributed by atoms with Gasteiger partial charge in [0.25, 0.3) is 5.91 Å². The van der Waals surface area contributed by atoms with Crippen LogP contribution in [0.3, 0.4) is 0 Å². The number of nitrogens with one attached hydrogen (secondary N) is 4. The Morgan fingerprint density at radius 2 is 2.16 bits per heavy atom. The molecular weight excluding hydrogens is 494 g/mol. The van der Waals surface area contributed by atoms with E-state index in [2.05, 4.69) is 35.3 Å². The lowest BCUT2D eigenvalue weighted by Gasteiger charge is -2.13. The molecule has 1 amide bonds. The third-order valence-electron chi connectivity index (χ3n) is 6.14. The number of amides is 1. The van der Waals surface area contributed by atoms with Crippen LogP contribution in [0.15, 0.2) is 30.7 Å². The largest absolute Gasteiger partial charge is 0.492 e. The van der Waals surface area contributed by atoms with Gasteiger partial charge in [-0.25, -0.2) is 4.98 Å². The van der Waals surface area contributed by atoms with Gasteiger partial charge >= 0.3 is 0 Å². The molecule has 5 heterocycles. The van der Waals surface area contributed by atoms with Crippen molar-refractivity contribution < 1.29 is 14.7 Å². The van der Waals surface area contributed by atoms with Crippen LogP contribution in [0, 0.1) is 19.3 Å². The van der Waals surface area contributed by atoms with E-state index in [9.17, 15) is 14.7 Å². The van der Waals surface area contributed by atoms with Crippen molar-refractivity contribution in [1.82, 2.24) is 34.5 Å². The Hall–Kier alpha value is -4.39. The number of amidine groups is 1. The zero-order valence-electron chi connectivity index (χ0n) is 20.2. The summed E-state index contributed by atoms with van der Waals surface area (Å²) in [7, 11) is 0. The summed E-state index contributed by atoms with van der Waals surface area (Å²) in [6, 6.07) is 3.83. The van der Waals surface area contributed by atoms with Crippen LogP contribution in [0.1, 0.15) is 46.7 Å². The monoisotopic (exact) mass is 519 g/mol. The first kappa shape index (κ1) is 24.3. The highest BCUT2D eigenvalue weighted by atomic mass is 32.1. The van der Waals surface area contributed by atoms with Crippen LogP contribution in [0.2, 0.25) is 0 Å². The Balaban J connectivity index is 1.33. The number of pyridine rings is 1. The zero-order valence-corrected chi connectivity index (χ0v) is 21.0. The maximum Gasteiger partial charge on any atom is 0.282 e. The fraction of sp³-hybridized carbons (Fsp3) is 0.292. The Kier molecular flexibility index (Phi) is 6.53. The topological polar surface area (TPSA) is 171 Å². The van der Waals surface area contributed by atoms with Crippen LogP contribution in [0.5, 0.6) is 5.88 Å². The van der Waals surface area contributed by atoms with Crippen molar-refractivity contribution in [3.63, 3.8) is 0 Å². The molecule has 4 aromatic rings. The molecule has 0 aliphatic carbocycles. The summed E-state index contributed by atoms with van der Waals surface area (Å²) in [4.78, 5) is 37.8. The molecule has 12 nitrogen and oxygen atoms in total. The molecule has 1 fully saturated rings. The van der Waals surface area contributed by atoms with Crippen LogP contribution in [0.4, 0.5) is 10.8 Å². The van der Waals surface area contributed by atoms with Gasteiger partial charge in [0.1, 0.15) is 16.4 Å². The molecule has 1 aliphatic rings. The van der Waals surface area contributed by atoms with E-state index in [-0.39, 0.29) is 46.6 Å². The molecule has 0 spiro atoms. The van der Waals surface area contributed by atoms with Crippen LogP contribution in [-0.2, 0) is 4.79 Å². The number of hydrogen-bond acceptors (Lipinski definition) is 10. The van der Waals surface area contributed by atoms with E-state index in [4.69, 9.17) is 5.41 Å². The molecule has 13 heteroatoms. The normalized spacial score (nSPS) is 15.1.